The Hall–Kier alpha value is -4.21. The van der Waals surface area contributed by atoms with Gasteiger partial charge in [-0.1, -0.05) is 65.9 Å². The van der Waals surface area contributed by atoms with Crippen molar-refractivity contribution in [1.82, 2.24) is 35.0 Å². The lowest BCUT2D eigenvalue weighted by Crippen LogP contribution is -1.92. The third-order valence-electron chi connectivity index (χ3n) is 5.60. The highest BCUT2D eigenvalue weighted by molar-refractivity contribution is 7.20. The monoisotopic (exact) mass is 477 g/mol. The molecule has 0 saturated heterocycles. The molecule has 0 aliphatic rings. The molecular weight excluding hydrogens is 462 g/mol. The predicted molar refractivity (Wildman–Crippen MR) is 136 cm³/mol. The van der Waals surface area contributed by atoms with Crippen LogP contribution in [0.4, 0.5) is 0 Å². The molecule has 34 heavy (non-hydrogen) atoms. The van der Waals surface area contributed by atoms with E-state index in [1.165, 1.54) is 11.3 Å². The van der Waals surface area contributed by atoms with Crippen molar-refractivity contribution < 1.29 is 0 Å². The molecule has 7 rings (SSSR count). The number of para-hydroxylation sites is 1. The van der Waals surface area contributed by atoms with Crippen LogP contribution in [0.2, 0.25) is 0 Å². The zero-order valence-corrected chi connectivity index (χ0v) is 19.2. The predicted octanol–water partition coefficient (Wildman–Crippen LogP) is 6.19. The molecule has 0 saturated carbocycles. The first kappa shape index (κ1) is 19.3. The van der Waals surface area contributed by atoms with Crippen molar-refractivity contribution in [3.63, 3.8) is 0 Å². The van der Waals surface area contributed by atoms with Crippen LogP contribution in [0.15, 0.2) is 84.2 Å². The molecule has 7 nitrogen and oxygen atoms in total. The lowest BCUT2D eigenvalue weighted by atomic mass is 10.1. The van der Waals surface area contributed by atoms with Gasteiger partial charge >= 0.3 is 0 Å². The number of benzene rings is 2. The first-order chi connectivity index (χ1) is 16.8. The Morgan fingerprint density at radius 1 is 0.824 bits per heavy atom. The summed E-state index contributed by atoms with van der Waals surface area (Å²) in [4.78, 5) is 6.73. The molecule has 162 valence electrons. The van der Waals surface area contributed by atoms with Gasteiger partial charge in [0.25, 0.3) is 0 Å². The number of rotatable bonds is 4. The molecule has 0 bridgehead atoms. The third kappa shape index (κ3) is 3.13. The number of hydrogen-bond acceptors (Lipinski definition) is 7. The maximum Gasteiger partial charge on any atom is 0.235 e. The molecule has 0 aliphatic carbocycles. The van der Waals surface area contributed by atoms with E-state index in [1.54, 1.807) is 15.9 Å². The first-order valence-electron chi connectivity index (χ1n) is 10.6. The van der Waals surface area contributed by atoms with E-state index < -0.39 is 0 Å². The van der Waals surface area contributed by atoms with Gasteiger partial charge in [-0.05, 0) is 29.6 Å². The maximum absolute atomic E-state index is 4.91. The van der Waals surface area contributed by atoms with Crippen LogP contribution in [-0.4, -0.2) is 35.0 Å². The number of nitrogens with one attached hydrogen (secondary N) is 1. The highest BCUT2D eigenvalue weighted by atomic mass is 32.1. The Morgan fingerprint density at radius 2 is 1.71 bits per heavy atom. The van der Waals surface area contributed by atoms with E-state index >= 15 is 0 Å². The van der Waals surface area contributed by atoms with Gasteiger partial charge in [-0.25, -0.2) is 4.98 Å². The molecule has 1 N–H and O–H groups in total. The van der Waals surface area contributed by atoms with Crippen molar-refractivity contribution in [3.05, 3.63) is 84.2 Å². The van der Waals surface area contributed by atoms with Crippen LogP contribution in [-0.2, 0) is 0 Å². The number of hydrogen-bond donors (Lipinski definition) is 1. The number of aromatic amines is 1. The molecule has 2 aromatic carbocycles. The Balaban J connectivity index is 1.36. The minimum Gasteiger partial charge on any atom is -0.274 e. The topological polar surface area (TPSA) is 84.6 Å². The zero-order chi connectivity index (χ0) is 22.5. The summed E-state index contributed by atoms with van der Waals surface area (Å²) in [7, 11) is 0. The molecule has 5 heterocycles. The standard InChI is InChI=1S/C25H15N7S2/c1-2-7-15(8-3-1)19-14-21(28-27-19)23-29-30-25-32(23)31-24(34-25)17-13-20(22-11-6-12-33-22)26-18-10-5-4-9-16(17)18/h1-14H,(H,27,28). The third-order valence-corrected chi connectivity index (χ3v) is 7.42. The summed E-state index contributed by atoms with van der Waals surface area (Å²) in [6.45, 7) is 0. The van der Waals surface area contributed by atoms with Gasteiger partial charge < -0.3 is 0 Å². The van der Waals surface area contributed by atoms with Crippen molar-refractivity contribution in [2.24, 2.45) is 0 Å². The van der Waals surface area contributed by atoms with Gasteiger partial charge in [-0.2, -0.15) is 14.7 Å². The van der Waals surface area contributed by atoms with Gasteiger partial charge in [-0.15, -0.1) is 21.5 Å². The van der Waals surface area contributed by atoms with Gasteiger partial charge in [0.05, 0.1) is 21.8 Å². The Kier molecular flexibility index (Phi) is 4.36. The molecule has 0 aliphatic heterocycles. The molecule has 9 heteroatoms. The average Bonchev–Trinajstić information content (AvgIpc) is 3.68. The van der Waals surface area contributed by atoms with Crippen molar-refractivity contribution in [1.29, 1.82) is 0 Å². The summed E-state index contributed by atoms with van der Waals surface area (Å²) < 4.78 is 1.78. The summed E-state index contributed by atoms with van der Waals surface area (Å²) in [6.07, 6.45) is 0. The molecule has 0 fully saturated rings. The van der Waals surface area contributed by atoms with Crippen LogP contribution >= 0.6 is 22.7 Å². The van der Waals surface area contributed by atoms with Crippen LogP contribution in [0, 0.1) is 0 Å². The molecule has 7 aromatic rings. The van der Waals surface area contributed by atoms with Crippen molar-refractivity contribution >= 4 is 38.5 Å². The summed E-state index contributed by atoms with van der Waals surface area (Å²) in [5, 5.41) is 25.2. The van der Waals surface area contributed by atoms with Crippen LogP contribution in [0.25, 0.3) is 59.8 Å². The molecular formula is C25H15N7S2. The van der Waals surface area contributed by atoms with E-state index in [2.05, 4.69) is 44.0 Å². The highest BCUT2D eigenvalue weighted by Crippen LogP contribution is 2.36. The van der Waals surface area contributed by atoms with Crippen molar-refractivity contribution in [3.8, 4) is 43.9 Å². The lowest BCUT2D eigenvalue weighted by molar-refractivity contribution is 0.955. The van der Waals surface area contributed by atoms with E-state index in [0.29, 0.717) is 5.82 Å². The van der Waals surface area contributed by atoms with Crippen LogP contribution in [0.1, 0.15) is 0 Å². The van der Waals surface area contributed by atoms with Gasteiger partial charge in [0.1, 0.15) is 10.7 Å². The molecule has 5 aromatic heterocycles. The largest absolute Gasteiger partial charge is 0.274 e. The Bertz CT molecular complexity index is 1760. The van der Waals surface area contributed by atoms with Crippen LogP contribution in [0.5, 0.6) is 0 Å². The lowest BCUT2D eigenvalue weighted by Gasteiger charge is -2.06. The molecule has 0 amide bonds. The molecule has 0 atom stereocenters. The second-order valence-corrected chi connectivity index (χ2v) is 9.61. The SMILES string of the molecule is c1ccc(-c2cc(-c3nnc4sc(-c5cc(-c6cccs6)nc6ccccc56)nn34)[nH]n2)cc1. The summed E-state index contributed by atoms with van der Waals surface area (Å²) in [5.74, 6) is 0.629. The van der Waals surface area contributed by atoms with E-state index in [0.717, 1.165) is 54.0 Å². The second kappa shape index (κ2) is 7.68. The zero-order valence-electron chi connectivity index (χ0n) is 17.6. The minimum absolute atomic E-state index is 0.629. The Morgan fingerprint density at radius 3 is 2.59 bits per heavy atom. The fourth-order valence-electron chi connectivity index (χ4n) is 3.99. The second-order valence-electron chi connectivity index (χ2n) is 7.71. The van der Waals surface area contributed by atoms with Crippen molar-refractivity contribution in [2.45, 2.75) is 0 Å². The summed E-state index contributed by atoms with van der Waals surface area (Å²) >= 11 is 3.19. The molecule has 0 spiro atoms. The van der Waals surface area contributed by atoms with E-state index in [4.69, 9.17) is 10.1 Å². The maximum atomic E-state index is 4.91. The van der Waals surface area contributed by atoms with Gasteiger partial charge in [0.2, 0.25) is 10.8 Å². The number of aromatic nitrogens is 7. The summed E-state index contributed by atoms with van der Waals surface area (Å²) in [6, 6.07) is 26.4. The highest BCUT2D eigenvalue weighted by Gasteiger charge is 2.19. The molecule has 0 radical (unpaired) electrons. The van der Waals surface area contributed by atoms with E-state index in [1.807, 2.05) is 60.7 Å². The molecule has 0 unspecified atom stereocenters. The van der Waals surface area contributed by atoms with Gasteiger partial charge in [0, 0.05) is 16.5 Å². The minimum atomic E-state index is 0.629. The fraction of sp³-hybridized carbons (Fsp3) is 0. The first-order valence-corrected chi connectivity index (χ1v) is 12.3. The van der Waals surface area contributed by atoms with Crippen molar-refractivity contribution in [2.75, 3.05) is 0 Å². The number of H-pyrrole nitrogens is 1. The summed E-state index contributed by atoms with van der Waals surface area (Å²) in [5.41, 5.74) is 5.57. The van der Waals surface area contributed by atoms with Crippen LogP contribution in [0.3, 0.4) is 0 Å². The fourth-order valence-corrected chi connectivity index (χ4v) is 5.55. The van der Waals surface area contributed by atoms with Gasteiger partial charge in [-0.3, -0.25) is 5.10 Å². The number of thiophene rings is 1. The normalized spacial score (nSPS) is 11.5. The number of nitrogens with zero attached hydrogens (tertiary/aromatic N) is 6. The Labute approximate surface area is 201 Å². The van der Waals surface area contributed by atoms with Gasteiger partial charge in [0.15, 0.2) is 0 Å². The van der Waals surface area contributed by atoms with E-state index in [9.17, 15) is 0 Å². The smallest absolute Gasteiger partial charge is 0.235 e. The number of fused-ring (bicyclic) bond motifs is 2. The quantitative estimate of drug-likeness (QED) is 0.327. The van der Waals surface area contributed by atoms with Crippen LogP contribution < -0.4 is 0 Å². The average molecular weight is 478 g/mol. The van der Waals surface area contributed by atoms with E-state index in [-0.39, 0.29) is 0 Å². The number of pyridine rings is 1.